The highest BCUT2D eigenvalue weighted by Gasteiger charge is 2.16. The molecular weight excluding hydrogens is 222 g/mol. The minimum Gasteiger partial charge on any atom is -0.370 e. The first-order valence-electron chi connectivity index (χ1n) is 6.70. The molecule has 1 aliphatic heterocycles. The van der Waals surface area contributed by atoms with Crippen molar-refractivity contribution in [3.8, 4) is 6.07 Å². The molecule has 1 saturated heterocycles. The molecule has 0 aliphatic carbocycles. The number of hydrogen-bond acceptors (Lipinski definition) is 3. The monoisotopic (exact) mass is 243 g/mol. The molecule has 1 heterocycles. The third kappa shape index (κ3) is 3.02. The van der Waals surface area contributed by atoms with Gasteiger partial charge >= 0.3 is 0 Å². The number of nitriles is 1. The van der Waals surface area contributed by atoms with Crippen LogP contribution >= 0.6 is 0 Å². The Kier molecular flexibility index (Phi) is 4.22. The van der Waals surface area contributed by atoms with Crippen molar-refractivity contribution < 1.29 is 0 Å². The number of anilines is 1. The van der Waals surface area contributed by atoms with Gasteiger partial charge in [-0.15, -0.1) is 0 Å². The molecule has 1 fully saturated rings. The van der Waals surface area contributed by atoms with E-state index in [0.717, 1.165) is 25.2 Å². The Balaban J connectivity index is 2.03. The Bertz CT molecular complexity index is 416. The van der Waals surface area contributed by atoms with Crippen LogP contribution < -0.4 is 4.90 Å². The lowest BCUT2D eigenvalue weighted by Gasteiger charge is -2.25. The van der Waals surface area contributed by atoms with Gasteiger partial charge in [0.05, 0.1) is 11.6 Å². The Hall–Kier alpha value is -1.53. The van der Waals surface area contributed by atoms with Crippen molar-refractivity contribution in [1.82, 2.24) is 4.90 Å². The topological polar surface area (TPSA) is 30.3 Å². The van der Waals surface area contributed by atoms with Crippen LogP contribution in [-0.4, -0.2) is 37.1 Å². The Morgan fingerprint density at radius 2 is 1.78 bits per heavy atom. The first kappa shape index (κ1) is 12.9. The summed E-state index contributed by atoms with van der Waals surface area (Å²) in [5.41, 5.74) is 1.97. The van der Waals surface area contributed by atoms with Crippen LogP contribution in [-0.2, 0) is 0 Å². The summed E-state index contributed by atoms with van der Waals surface area (Å²) in [6.07, 6.45) is 1.21. The predicted molar refractivity (Wildman–Crippen MR) is 74.7 cm³/mol. The van der Waals surface area contributed by atoms with Crippen LogP contribution in [0.4, 0.5) is 5.69 Å². The smallest absolute Gasteiger partial charge is 0.0991 e. The molecule has 1 aromatic carbocycles. The highest BCUT2D eigenvalue weighted by atomic mass is 15.2. The van der Waals surface area contributed by atoms with Gasteiger partial charge in [0.15, 0.2) is 0 Å². The molecule has 0 saturated carbocycles. The number of nitrogens with zero attached hydrogens (tertiary/aromatic N) is 3. The summed E-state index contributed by atoms with van der Waals surface area (Å²) in [5.74, 6) is 0. The molecule has 3 heteroatoms. The standard InChI is InChI=1S/C15H21N3/c1-13(2)17-8-3-9-18(11-10-17)15-6-4-14(12-16)5-7-15/h4-7,13H,3,8-11H2,1-2H3. The second kappa shape index (κ2) is 5.88. The maximum absolute atomic E-state index is 8.81. The first-order chi connectivity index (χ1) is 8.70. The maximum Gasteiger partial charge on any atom is 0.0991 e. The van der Waals surface area contributed by atoms with E-state index in [-0.39, 0.29) is 0 Å². The van der Waals surface area contributed by atoms with Gasteiger partial charge in [0.2, 0.25) is 0 Å². The molecule has 0 aromatic heterocycles. The van der Waals surface area contributed by atoms with Crippen molar-refractivity contribution >= 4 is 5.69 Å². The summed E-state index contributed by atoms with van der Waals surface area (Å²) in [6, 6.07) is 10.7. The fourth-order valence-electron chi connectivity index (χ4n) is 2.46. The molecule has 1 aromatic rings. The predicted octanol–water partition coefficient (Wildman–Crippen LogP) is 2.48. The van der Waals surface area contributed by atoms with E-state index in [1.165, 1.54) is 18.7 Å². The normalized spacial score (nSPS) is 17.6. The van der Waals surface area contributed by atoms with Gasteiger partial charge < -0.3 is 4.90 Å². The minimum absolute atomic E-state index is 0.630. The second-order valence-electron chi connectivity index (χ2n) is 5.13. The molecule has 0 atom stereocenters. The zero-order valence-corrected chi connectivity index (χ0v) is 11.3. The maximum atomic E-state index is 8.81. The molecule has 3 nitrogen and oxygen atoms in total. The van der Waals surface area contributed by atoms with E-state index >= 15 is 0 Å². The SMILES string of the molecule is CC(C)N1CCCN(c2ccc(C#N)cc2)CC1. The van der Waals surface area contributed by atoms with Gasteiger partial charge in [0.1, 0.15) is 0 Å². The first-order valence-corrected chi connectivity index (χ1v) is 6.70. The number of benzene rings is 1. The largest absolute Gasteiger partial charge is 0.370 e. The van der Waals surface area contributed by atoms with E-state index in [4.69, 9.17) is 5.26 Å². The second-order valence-corrected chi connectivity index (χ2v) is 5.13. The van der Waals surface area contributed by atoms with Crippen molar-refractivity contribution in [2.45, 2.75) is 26.3 Å². The van der Waals surface area contributed by atoms with Crippen LogP contribution in [0.1, 0.15) is 25.8 Å². The summed E-state index contributed by atoms with van der Waals surface area (Å²) in [6.45, 7) is 9.01. The zero-order valence-electron chi connectivity index (χ0n) is 11.3. The third-order valence-corrected chi connectivity index (χ3v) is 3.62. The highest BCUT2D eigenvalue weighted by Crippen LogP contribution is 2.17. The van der Waals surface area contributed by atoms with Gasteiger partial charge in [-0.25, -0.2) is 0 Å². The summed E-state index contributed by atoms with van der Waals surface area (Å²) in [4.78, 5) is 4.95. The Morgan fingerprint density at radius 3 is 2.39 bits per heavy atom. The van der Waals surface area contributed by atoms with Crippen molar-refractivity contribution in [2.75, 3.05) is 31.1 Å². The zero-order chi connectivity index (χ0) is 13.0. The molecule has 2 rings (SSSR count). The number of hydrogen-bond donors (Lipinski definition) is 0. The van der Waals surface area contributed by atoms with E-state index in [2.05, 4.69) is 41.8 Å². The summed E-state index contributed by atoms with van der Waals surface area (Å²) in [5, 5.41) is 8.81. The van der Waals surface area contributed by atoms with Crippen LogP contribution in [0.5, 0.6) is 0 Å². The Morgan fingerprint density at radius 1 is 1.06 bits per heavy atom. The third-order valence-electron chi connectivity index (χ3n) is 3.62. The van der Waals surface area contributed by atoms with Gasteiger partial charge in [-0.1, -0.05) is 0 Å². The number of rotatable bonds is 2. The van der Waals surface area contributed by atoms with Crippen molar-refractivity contribution in [1.29, 1.82) is 5.26 Å². The van der Waals surface area contributed by atoms with Gasteiger partial charge in [-0.3, -0.25) is 4.90 Å². The molecule has 0 unspecified atom stereocenters. The van der Waals surface area contributed by atoms with E-state index in [1.807, 2.05) is 12.1 Å². The highest BCUT2D eigenvalue weighted by molar-refractivity contribution is 5.49. The lowest BCUT2D eigenvalue weighted by molar-refractivity contribution is 0.238. The van der Waals surface area contributed by atoms with Gasteiger partial charge in [0.25, 0.3) is 0 Å². The van der Waals surface area contributed by atoms with Crippen LogP contribution in [0.15, 0.2) is 24.3 Å². The lowest BCUT2D eigenvalue weighted by atomic mass is 10.2. The molecule has 0 bridgehead atoms. The fraction of sp³-hybridized carbons (Fsp3) is 0.533. The average molecular weight is 243 g/mol. The van der Waals surface area contributed by atoms with Crippen molar-refractivity contribution in [2.24, 2.45) is 0 Å². The molecule has 0 spiro atoms. The van der Waals surface area contributed by atoms with Gasteiger partial charge in [-0.05, 0) is 44.5 Å². The molecule has 0 N–H and O–H groups in total. The summed E-state index contributed by atoms with van der Waals surface area (Å²) >= 11 is 0. The summed E-state index contributed by atoms with van der Waals surface area (Å²) in [7, 11) is 0. The van der Waals surface area contributed by atoms with E-state index in [9.17, 15) is 0 Å². The molecule has 0 amide bonds. The van der Waals surface area contributed by atoms with E-state index in [0.29, 0.717) is 6.04 Å². The average Bonchev–Trinajstić information content (AvgIpc) is 2.64. The lowest BCUT2D eigenvalue weighted by Crippen LogP contribution is -2.35. The van der Waals surface area contributed by atoms with Crippen molar-refractivity contribution in [3.63, 3.8) is 0 Å². The van der Waals surface area contributed by atoms with Crippen LogP contribution in [0.25, 0.3) is 0 Å². The van der Waals surface area contributed by atoms with Crippen LogP contribution in [0, 0.1) is 11.3 Å². The Labute approximate surface area is 110 Å². The fourth-order valence-corrected chi connectivity index (χ4v) is 2.46. The van der Waals surface area contributed by atoms with Crippen LogP contribution in [0.2, 0.25) is 0 Å². The van der Waals surface area contributed by atoms with Gasteiger partial charge in [0, 0.05) is 37.9 Å². The molecule has 96 valence electrons. The van der Waals surface area contributed by atoms with Crippen molar-refractivity contribution in [3.05, 3.63) is 29.8 Å². The minimum atomic E-state index is 0.630. The van der Waals surface area contributed by atoms with Crippen LogP contribution in [0.3, 0.4) is 0 Å². The quantitative estimate of drug-likeness (QED) is 0.799. The molecule has 1 aliphatic rings. The molecule has 18 heavy (non-hydrogen) atoms. The summed E-state index contributed by atoms with van der Waals surface area (Å²) < 4.78 is 0. The van der Waals surface area contributed by atoms with E-state index in [1.54, 1.807) is 0 Å². The molecule has 0 radical (unpaired) electrons. The molecular formula is C15H21N3. The van der Waals surface area contributed by atoms with E-state index < -0.39 is 0 Å². The van der Waals surface area contributed by atoms with Gasteiger partial charge in [-0.2, -0.15) is 5.26 Å².